The molecule has 1 aromatic heterocycles. The highest BCUT2D eigenvalue weighted by molar-refractivity contribution is 5.79. The van der Waals surface area contributed by atoms with Crippen LogP contribution in [-0.4, -0.2) is 43.1 Å². The molecule has 0 fully saturated rings. The number of guanidine groups is 1. The maximum Gasteiger partial charge on any atom is 0.191 e. The van der Waals surface area contributed by atoms with Crippen LogP contribution in [0.15, 0.2) is 59.7 Å². The third kappa shape index (κ3) is 6.59. The number of aryl methyl sites for hydroxylation is 2. The Hall–Kier alpha value is -3.32. The van der Waals surface area contributed by atoms with Crippen LogP contribution < -0.4 is 15.4 Å². The predicted octanol–water partition coefficient (Wildman–Crippen LogP) is 3.77. The van der Waals surface area contributed by atoms with Gasteiger partial charge in [-0.05, 0) is 43.2 Å². The van der Waals surface area contributed by atoms with Crippen molar-refractivity contribution >= 4 is 5.96 Å². The molecule has 2 aromatic carbocycles. The molecule has 170 valence electrons. The van der Waals surface area contributed by atoms with E-state index in [9.17, 15) is 0 Å². The van der Waals surface area contributed by atoms with Crippen LogP contribution in [0.4, 0.5) is 0 Å². The van der Waals surface area contributed by atoms with Crippen molar-refractivity contribution in [2.45, 2.75) is 33.4 Å². The lowest BCUT2D eigenvalue weighted by molar-refractivity contribution is 0.171. The summed E-state index contributed by atoms with van der Waals surface area (Å²) in [6.45, 7) is 6.61. The highest BCUT2D eigenvalue weighted by Gasteiger charge is 2.08. The fraction of sp³-hybridized carbons (Fsp3) is 0.360. The van der Waals surface area contributed by atoms with Crippen LogP contribution in [0.1, 0.15) is 28.8 Å². The number of methoxy groups -OCH3 is 1. The molecule has 0 saturated carbocycles. The summed E-state index contributed by atoms with van der Waals surface area (Å²) in [5.41, 5.74) is 5.43. The van der Waals surface area contributed by atoms with Crippen molar-refractivity contribution in [3.8, 4) is 11.4 Å². The van der Waals surface area contributed by atoms with Crippen LogP contribution in [0.3, 0.4) is 0 Å². The molecule has 0 spiro atoms. The number of nitrogens with zero attached hydrogens (tertiary/aromatic N) is 3. The first-order chi connectivity index (χ1) is 15.6. The molecule has 0 saturated heterocycles. The van der Waals surface area contributed by atoms with Crippen molar-refractivity contribution in [2.75, 3.05) is 27.4 Å². The predicted molar refractivity (Wildman–Crippen MR) is 129 cm³/mol. The molecule has 7 heteroatoms. The van der Waals surface area contributed by atoms with Gasteiger partial charge in [-0.25, -0.2) is 4.68 Å². The Kier molecular flexibility index (Phi) is 8.69. The molecule has 0 aliphatic rings. The Bertz CT molecular complexity index is 1030. The molecular weight excluding hydrogens is 402 g/mol. The summed E-state index contributed by atoms with van der Waals surface area (Å²) in [6.07, 6.45) is 2.84. The first-order valence-electron chi connectivity index (χ1n) is 10.9. The standard InChI is InChI=1S/C25H33N5O2/c1-19-10-11-22(24(16-19)32-15-7-14-31-4)18-28-25(26-3)27-17-21-8-5-6-9-23(21)30-13-12-20(2)29-30/h5-6,8-13,16H,7,14-15,17-18H2,1-4H3,(H2,26,27,28). The lowest BCUT2D eigenvalue weighted by Crippen LogP contribution is -2.36. The number of para-hydroxylation sites is 1. The Morgan fingerprint density at radius 2 is 1.78 bits per heavy atom. The van der Waals surface area contributed by atoms with Gasteiger partial charge in [0.2, 0.25) is 0 Å². The zero-order chi connectivity index (χ0) is 22.8. The Balaban J connectivity index is 1.61. The Morgan fingerprint density at radius 3 is 2.50 bits per heavy atom. The molecule has 0 unspecified atom stereocenters. The van der Waals surface area contributed by atoms with Gasteiger partial charge in [-0.3, -0.25) is 4.99 Å². The van der Waals surface area contributed by atoms with E-state index in [1.54, 1.807) is 14.2 Å². The molecule has 0 amide bonds. The molecule has 32 heavy (non-hydrogen) atoms. The minimum atomic E-state index is 0.611. The van der Waals surface area contributed by atoms with Gasteiger partial charge in [0.1, 0.15) is 5.75 Å². The van der Waals surface area contributed by atoms with Gasteiger partial charge < -0.3 is 20.1 Å². The Morgan fingerprint density at radius 1 is 1.00 bits per heavy atom. The van der Waals surface area contributed by atoms with Gasteiger partial charge in [0.25, 0.3) is 0 Å². The SMILES string of the molecule is CN=C(NCc1ccc(C)cc1OCCCOC)NCc1ccccc1-n1ccc(C)n1. The second kappa shape index (κ2) is 11.9. The number of aliphatic imine (C=N–C) groups is 1. The van der Waals surface area contributed by atoms with Crippen molar-refractivity contribution < 1.29 is 9.47 Å². The zero-order valence-corrected chi connectivity index (χ0v) is 19.4. The van der Waals surface area contributed by atoms with E-state index in [1.807, 2.05) is 36.0 Å². The summed E-state index contributed by atoms with van der Waals surface area (Å²) in [6, 6.07) is 16.5. The van der Waals surface area contributed by atoms with Gasteiger partial charge in [-0.2, -0.15) is 5.10 Å². The second-order valence-corrected chi connectivity index (χ2v) is 7.62. The summed E-state index contributed by atoms with van der Waals surface area (Å²) in [5.74, 6) is 1.62. The normalized spacial score (nSPS) is 11.4. The van der Waals surface area contributed by atoms with Crippen LogP contribution in [0, 0.1) is 13.8 Å². The van der Waals surface area contributed by atoms with Crippen LogP contribution in [0.2, 0.25) is 0 Å². The first-order valence-corrected chi connectivity index (χ1v) is 10.9. The smallest absolute Gasteiger partial charge is 0.191 e. The quantitative estimate of drug-likeness (QED) is 0.288. The maximum atomic E-state index is 5.99. The molecule has 3 rings (SSSR count). The lowest BCUT2D eigenvalue weighted by atomic mass is 10.1. The third-order valence-electron chi connectivity index (χ3n) is 5.05. The fourth-order valence-electron chi connectivity index (χ4n) is 3.34. The average Bonchev–Trinajstić information content (AvgIpc) is 3.24. The summed E-state index contributed by atoms with van der Waals surface area (Å²) in [4.78, 5) is 4.37. The third-order valence-corrected chi connectivity index (χ3v) is 5.05. The number of aromatic nitrogens is 2. The zero-order valence-electron chi connectivity index (χ0n) is 19.4. The van der Waals surface area contributed by atoms with E-state index in [2.05, 4.69) is 58.0 Å². The fourth-order valence-corrected chi connectivity index (χ4v) is 3.34. The summed E-state index contributed by atoms with van der Waals surface area (Å²) in [5, 5.41) is 11.3. The largest absolute Gasteiger partial charge is 0.493 e. The van der Waals surface area contributed by atoms with Gasteiger partial charge in [-0.15, -0.1) is 0 Å². The number of benzene rings is 2. The Labute approximate surface area is 190 Å². The molecule has 0 aliphatic heterocycles. The van der Waals surface area contributed by atoms with Crippen LogP contribution in [0.25, 0.3) is 5.69 Å². The topological polar surface area (TPSA) is 72.7 Å². The maximum absolute atomic E-state index is 5.99. The molecule has 0 atom stereocenters. The summed E-state index contributed by atoms with van der Waals surface area (Å²) in [7, 11) is 3.48. The van der Waals surface area contributed by atoms with Crippen molar-refractivity contribution in [1.82, 2.24) is 20.4 Å². The molecule has 7 nitrogen and oxygen atoms in total. The monoisotopic (exact) mass is 435 g/mol. The second-order valence-electron chi connectivity index (χ2n) is 7.62. The van der Waals surface area contributed by atoms with E-state index in [0.717, 1.165) is 40.6 Å². The van der Waals surface area contributed by atoms with Crippen molar-refractivity contribution in [3.63, 3.8) is 0 Å². The minimum absolute atomic E-state index is 0.611. The number of rotatable bonds is 10. The van der Waals surface area contributed by atoms with Gasteiger partial charge in [0, 0.05) is 52.0 Å². The van der Waals surface area contributed by atoms with Crippen molar-refractivity contribution in [3.05, 3.63) is 77.1 Å². The van der Waals surface area contributed by atoms with Crippen LogP contribution >= 0.6 is 0 Å². The molecule has 1 heterocycles. The van der Waals surface area contributed by atoms with E-state index in [1.165, 1.54) is 5.56 Å². The molecule has 0 radical (unpaired) electrons. The highest BCUT2D eigenvalue weighted by atomic mass is 16.5. The number of hydrogen-bond donors (Lipinski definition) is 2. The number of ether oxygens (including phenoxy) is 2. The van der Waals surface area contributed by atoms with E-state index in [0.29, 0.717) is 26.3 Å². The van der Waals surface area contributed by atoms with Gasteiger partial charge in [0.15, 0.2) is 5.96 Å². The summed E-state index contributed by atoms with van der Waals surface area (Å²) < 4.78 is 13.0. The van der Waals surface area contributed by atoms with Crippen LogP contribution in [-0.2, 0) is 17.8 Å². The number of nitrogens with one attached hydrogen (secondary N) is 2. The summed E-state index contributed by atoms with van der Waals surface area (Å²) >= 11 is 0. The first kappa shape index (κ1) is 23.3. The van der Waals surface area contributed by atoms with Crippen molar-refractivity contribution in [1.29, 1.82) is 0 Å². The molecule has 0 aliphatic carbocycles. The lowest BCUT2D eigenvalue weighted by Gasteiger charge is -2.16. The van der Waals surface area contributed by atoms with E-state index in [-0.39, 0.29) is 0 Å². The van der Waals surface area contributed by atoms with Gasteiger partial charge in [0.05, 0.1) is 18.0 Å². The molecule has 3 aromatic rings. The number of hydrogen-bond acceptors (Lipinski definition) is 4. The highest BCUT2D eigenvalue weighted by Crippen LogP contribution is 2.20. The van der Waals surface area contributed by atoms with E-state index < -0.39 is 0 Å². The van der Waals surface area contributed by atoms with E-state index in [4.69, 9.17) is 9.47 Å². The minimum Gasteiger partial charge on any atom is -0.493 e. The molecule has 0 bridgehead atoms. The van der Waals surface area contributed by atoms with Crippen molar-refractivity contribution in [2.24, 2.45) is 4.99 Å². The van der Waals surface area contributed by atoms with E-state index >= 15 is 0 Å². The van der Waals surface area contributed by atoms with Crippen LogP contribution in [0.5, 0.6) is 5.75 Å². The molecular formula is C25H33N5O2. The average molecular weight is 436 g/mol. The van der Waals surface area contributed by atoms with Gasteiger partial charge >= 0.3 is 0 Å². The molecule has 2 N–H and O–H groups in total. The van der Waals surface area contributed by atoms with Gasteiger partial charge in [-0.1, -0.05) is 30.3 Å².